The van der Waals surface area contributed by atoms with Crippen molar-refractivity contribution in [3.63, 3.8) is 0 Å². The molecule has 1 aromatic carbocycles. The molecule has 1 N–H and O–H groups in total. The van der Waals surface area contributed by atoms with Crippen molar-refractivity contribution in [3.05, 3.63) is 65.0 Å². The van der Waals surface area contributed by atoms with Gasteiger partial charge in [0.25, 0.3) is 5.91 Å². The lowest BCUT2D eigenvalue weighted by Gasteiger charge is -2.31. The number of ether oxygens (including phenoxy) is 2. The highest BCUT2D eigenvalue weighted by atomic mass is 16.8. The van der Waals surface area contributed by atoms with Crippen LogP contribution < -0.4 is 10.4 Å². The summed E-state index contributed by atoms with van der Waals surface area (Å²) in [5, 5.41) is 0. The second-order valence-corrected chi connectivity index (χ2v) is 11.6. The topological polar surface area (TPSA) is 93.2 Å². The van der Waals surface area contributed by atoms with Crippen LogP contribution in [0.5, 0.6) is 0 Å². The Morgan fingerprint density at radius 3 is 2.65 bits per heavy atom. The van der Waals surface area contributed by atoms with E-state index < -0.39 is 23.9 Å². The summed E-state index contributed by atoms with van der Waals surface area (Å²) in [5.41, 5.74) is 6.86. The third-order valence-electron chi connectivity index (χ3n) is 7.06. The van der Waals surface area contributed by atoms with Gasteiger partial charge in [-0.1, -0.05) is 18.2 Å². The van der Waals surface area contributed by atoms with E-state index in [-0.39, 0.29) is 6.04 Å². The fraction of sp³-hybridized carbons (Fsp3) is 0.516. The van der Waals surface area contributed by atoms with Gasteiger partial charge in [-0.25, -0.2) is 15.1 Å². The molecule has 0 aliphatic carbocycles. The van der Waals surface area contributed by atoms with E-state index in [1.54, 1.807) is 23.2 Å². The minimum atomic E-state index is -0.624. The maximum atomic E-state index is 13.4. The monoisotopic (exact) mass is 550 g/mol. The molecule has 2 amide bonds. The van der Waals surface area contributed by atoms with Gasteiger partial charge in [-0.3, -0.25) is 19.6 Å². The Bertz CT molecular complexity index is 1190. The highest BCUT2D eigenvalue weighted by Crippen LogP contribution is 2.27. The van der Waals surface area contributed by atoms with Crippen LogP contribution in [0.3, 0.4) is 0 Å². The number of likely N-dealkylation sites (tertiary alicyclic amines) is 1. The number of hydrogen-bond donors (Lipinski definition) is 1. The predicted molar refractivity (Wildman–Crippen MR) is 154 cm³/mol. The number of amides is 2. The average molecular weight is 551 g/mol. The van der Waals surface area contributed by atoms with Crippen molar-refractivity contribution in [1.82, 2.24) is 15.4 Å². The molecular weight excluding hydrogens is 508 g/mol. The largest absolute Gasteiger partial charge is 0.443 e. The highest BCUT2D eigenvalue weighted by Gasteiger charge is 2.34. The predicted octanol–water partition coefficient (Wildman–Crippen LogP) is 5.30. The number of aryl methyl sites for hydroxylation is 2. The van der Waals surface area contributed by atoms with Gasteiger partial charge in [0.2, 0.25) is 0 Å². The first-order valence-electron chi connectivity index (χ1n) is 14.1. The van der Waals surface area contributed by atoms with Gasteiger partial charge < -0.3 is 9.47 Å². The number of pyridine rings is 1. The summed E-state index contributed by atoms with van der Waals surface area (Å²) in [6.45, 7) is 12.9. The van der Waals surface area contributed by atoms with E-state index in [0.29, 0.717) is 18.0 Å². The van der Waals surface area contributed by atoms with Crippen LogP contribution in [0.15, 0.2) is 42.6 Å². The normalized spacial score (nSPS) is 20.0. The summed E-state index contributed by atoms with van der Waals surface area (Å²) >= 11 is 0. The summed E-state index contributed by atoms with van der Waals surface area (Å²) < 4.78 is 11.2. The zero-order chi connectivity index (χ0) is 28.7. The number of benzene rings is 1. The number of nitrogens with zero attached hydrogens (tertiary/aromatic N) is 3. The van der Waals surface area contributed by atoms with Crippen LogP contribution in [0.2, 0.25) is 0 Å². The summed E-state index contributed by atoms with van der Waals surface area (Å²) in [7, 11) is 0. The smallest absolute Gasteiger partial charge is 0.415 e. The maximum Gasteiger partial charge on any atom is 0.415 e. The number of hydrogen-bond acceptors (Lipinski definition) is 7. The van der Waals surface area contributed by atoms with Crippen LogP contribution >= 0.6 is 0 Å². The molecule has 0 radical (unpaired) electrons. The summed E-state index contributed by atoms with van der Waals surface area (Å²) in [5.74, 6) is -0.398. The Labute approximate surface area is 237 Å². The molecule has 2 aromatic rings. The van der Waals surface area contributed by atoms with E-state index in [0.717, 1.165) is 45.3 Å². The molecule has 216 valence electrons. The second-order valence-electron chi connectivity index (χ2n) is 11.6. The van der Waals surface area contributed by atoms with Crippen LogP contribution in [-0.2, 0) is 25.7 Å². The van der Waals surface area contributed by atoms with Crippen molar-refractivity contribution in [2.75, 3.05) is 24.6 Å². The highest BCUT2D eigenvalue weighted by molar-refractivity contribution is 5.91. The Morgan fingerprint density at radius 2 is 1.98 bits per heavy atom. The molecule has 0 saturated carbocycles. The summed E-state index contributed by atoms with van der Waals surface area (Å²) in [6.07, 6.45) is 7.42. The van der Waals surface area contributed by atoms with Gasteiger partial charge in [-0.2, -0.15) is 0 Å². The number of nitrogens with one attached hydrogen (secondary N) is 1. The molecule has 2 fully saturated rings. The minimum Gasteiger partial charge on any atom is -0.443 e. The molecular formula is C31H42N4O5. The lowest BCUT2D eigenvalue weighted by Crippen LogP contribution is -2.45. The molecule has 1 aromatic heterocycles. The SMILES string of the molecule is Cc1ccc(CN2CC[C@@H](N(C(=O)OC(C)(C)C)c3ccc(/C=C/C(=O)NOC4CCCCO4)nc3)C2)cc1C. The molecule has 9 heteroatoms. The van der Waals surface area contributed by atoms with Gasteiger partial charge in [-0.05, 0) is 88.8 Å². The molecule has 0 spiro atoms. The van der Waals surface area contributed by atoms with E-state index in [1.165, 1.54) is 22.8 Å². The standard InChI is InChI=1S/C31H42N4O5/c1-22-9-10-24(18-23(22)2)20-34-16-15-27(21-34)35(30(37)39-31(3,4)5)26-13-11-25(32-19-26)12-14-28(36)33-40-29-8-6-7-17-38-29/h9-14,18-19,27,29H,6-8,15-17,20-21H2,1-5H3,(H,33,36)/b14-12+/t27-,29?/m1/s1. The van der Waals surface area contributed by atoms with Gasteiger partial charge in [0, 0.05) is 38.7 Å². The fourth-order valence-electron chi connectivity index (χ4n) is 4.86. The van der Waals surface area contributed by atoms with Crippen LogP contribution in [0, 0.1) is 13.8 Å². The van der Waals surface area contributed by atoms with Crippen LogP contribution in [-0.4, -0.2) is 59.5 Å². The lowest BCUT2D eigenvalue weighted by molar-refractivity contribution is -0.198. The first-order valence-corrected chi connectivity index (χ1v) is 14.1. The van der Waals surface area contributed by atoms with E-state index in [9.17, 15) is 9.59 Å². The molecule has 9 nitrogen and oxygen atoms in total. The molecule has 2 atom stereocenters. The first kappa shape index (κ1) is 29.7. The number of hydroxylamine groups is 1. The van der Waals surface area contributed by atoms with Crippen molar-refractivity contribution < 1.29 is 23.9 Å². The van der Waals surface area contributed by atoms with Gasteiger partial charge in [-0.15, -0.1) is 0 Å². The van der Waals surface area contributed by atoms with Gasteiger partial charge in [0.1, 0.15) is 5.60 Å². The molecule has 0 bridgehead atoms. The maximum absolute atomic E-state index is 13.4. The Balaban J connectivity index is 1.41. The number of carbonyl (C=O) groups is 2. The minimum absolute atomic E-state index is 0.0467. The second kappa shape index (κ2) is 13.4. The van der Waals surface area contributed by atoms with Crippen molar-refractivity contribution in [2.45, 2.75) is 84.8 Å². The van der Waals surface area contributed by atoms with Gasteiger partial charge in [0.05, 0.1) is 23.6 Å². The third kappa shape index (κ3) is 8.61. The van der Waals surface area contributed by atoms with Crippen LogP contribution in [0.25, 0.3) is 6.08 Å². The van der Waals surface area contributed by atoms with Gasteiger partial charge in [0.15, 0.2) is 6.29 Å². The Morgan fingerprint density at radius 1 is 1.15 bits per heavy atom. The average Bonchev–Trinajstić information content (AvgIpc) is 3.36. The van der Waals surface area contributed by atoms with Crippen molar-refractivity contribution in [3.8, 4) is 0 Å². The quantitative estimate of drug-likeness (QED) is 0.352. The molecule has 3 heterocycles. The summed E-state index contributed by atoms with van der Waals surface area (Å²) in [4.78, 5) is 39.4. The number of rotatable bonds is 8. The van der Waals surface area contributed by atoms with E-state index in [2.05, 4.69) is 47.4 Å². The number of carbonyl (C=O) groups excluding carboxylic acids is 2. The zero-order valence-electron chi connectivity index (χ0n) is 24.3. The van der Waals surface area contributed by atoms with E-state index in [1.807, 2.05) is 26.8 Å². The Kier molecular flexibility index (Phi) is 9.95. The van der Waals surface area contributed by atoms with Crippen molar-refractivity contribution in [2.24, 2.45) is 0 Å². The molecule has 40 heavy (non-hydrogen) atoms. The molecule has 1 unspecified atom stereocenters. The van der Waals surface area contributed by atoms with Crippen LogP contribution in [0.1, 0.15) is 68.8 Å². The van der Waals surface area contributed by atoms with Crippen molar-refractivity contribution >= 4 is 23.8 Å². The molecule has 2 aliphatic rings. The lowest BCUT2D eigenvalue weighted by atomic mass is 10.1. The number of aromatic nitrogens is 1. The number of anilines is 1. The third-order valence-corrected chi connectivity index (χ3v) is 7.06. The molecule has 4 rings (SSSR count). The van der Waals surface area contributed by atoms with E-state index >= 15 is 0 Å². The Hall–Kier alpha value is -3.27. The molecule has 2 saturated heterocycles. The van der Waals surface area contributed by atoms with Crippen LogP contribution in [0.4, 0.5) is 10.5 Å². The zero-order valence-corrected chi connectivity index (χ0v) is 24.3. The van der Waals surface area contributed by atoms with Crippen molar-refractivity contribution in [1.29, 1.82) is 0 Å². The first-order chi connectivity index (χ1) is 19.1. The molecule has 2 aliphatic heterocycles. The fourth-order valence-corrected chi connectivity index (χ4v) is 4.86. The summed E-state index contributed by atoms with van der Waals surface area (Å²) in [6, 6.07) is 10.1. The van der Waals surface area contributed by atoms with E-state index in [4.69, 9.17) is 14.3 Å². The van der Waals surface area contributed by atoms with Gasteiger partial charge >= 0.3 is 6.09 Å².